The number of halogens is 1. The molecule has 164 valence electrons. The highest BCUT2D eigenvalue weighted by molar-refractivity contribution is 6.31. The van der Waals surface area contributed by atoms with Gasteiger partial charge in [0.15, 0.2) is 5.65 Å². The molecule has 0 radical (unpaired) electrons. The van der Waals surface area contributed by atoms with Gasteiger partial charge in [-0.15, -0.1) is 0 Å². The number of hydrogen-bond donors (Lipinski definition) is 1. The van der Waals surface area contributed by atoms with Crippen molar-refractivity contribution in [1.82, 2.24) is 14.6 Å². The van der Waals surface area contributed by atoms with E-state index in [0.717, 1.165) is 56.4 Å². The fourth-order valence-electron chi connectivity index (χ4n) is 4.00. The Hall–Kier alpha value is -2.60. The molecule has 2 aromatic heterocycles. The van der Waals surface area contributed by atoms with E-state index in [4.69, 9.17) is 16.3 Å². The summed E-state index contributed by atoms with van der Waals surface area (Å²) in [6, 6.07) is 5.33. The number of aromatic nitrogens is 3. The Morgan fingerprint density at radius 2 is 2.06 bits per heavy atom. The van der Waals surface area contributed by atoms with Crippen LogP contribution in [0.4, 0.5) is 5.69 Å². The number of aryl methyl sites for hydroxylation is 1. The van der Waals surface area contributed by atoms with Crippen LogP contribution in [0, 0.1) is 5.92 Å². The molecule has 0 atom stereocenters. The second kappa shape index (κ2) is 9.69. The lowest BCUT2D eigenvalue weighted by Crippen LogP contribution is -2.23. The van der Waals surface area contributed by atoms with Crippen molar-refractivity contribution in [3.8, 4) is 5.75 Å². The van der Waals surface area contributed by atoms with Crippen molar-refractivity contribution < 1.29 is 9.53 Å². The summed E-state index contributed by atoms with van der Waals surface area (Å²) in [5.74, 6) is 1.10. The van der Waals surface area contributed by atoms with Gasteiger partial charge in [0.1, 0.15) is 11.3 Å². The second-order valence-electron chi connectivity index (χ2n) is 8.49. The first-order valence-electron chi connectivity index (χ1n) is 11.1. The molecule has 4 rings (SSSR count). The standard InChI is InChI=1S/C24H29ClN4O2/c1-3-4-5-17-13-26-23-20(14-27-29(23)15-17)24(30)28-21-12-18(25)8-11-22(21)31-19-9-6-16(2)7-10-19/h8,11-16,19H,3-7,9-10H2,1-2H3,(H,28,30). The molecule has 1 saturated carbocycles. The number of benzene rings is 1. The van der Waals surface area contributed by atoms with E-state index in [1.165, 1.54) is 0 Å². The van der Waals surface area contributed by atoms with Crippen LogP contribution in [0.3, 0.4) is 0 Å². The molecule has 1 fully saturated rings. The molecule has 0 spiro atoms. The van der Waals surface area contributed by atoms with Crippen LogP contribution in [0.15, 0.2) is 36.8 Å². The summed E-state index contributed by atoms with van der Waals surface area (Å²) in [5, 5.41) is 7.82. The van der Waals surface area contributed by atoms with E-state index in [0.29, 0.717) is 27.7 Å². The SMILES string of the molecule is CCCCc1cnc2c(C(=O)Nc3cc(Cl)ccc3OC3CCC(C)CC3)cnn2c1. The van der Waals surface area contributed by atoms with Gasteiger partial charge in [-0.3, -0.25) is 4.79 Å². The van der Waals surface area contributed by atoms with E-state index in [9.17, 15) is 4.79 Å². The van der Waals surface area contributed by atoms with Crippen LogP contribution in [0.1, 0.15) is 68.3 Å². The van der Waals surface area contributed by atoms with Crippen LogP contribution < -0.4 is 10.1 Å². The highest BCUT2D eigenvalue weighted by Gasteiger charge is 2.22. The third-order valence-electron chi connectivity index (χ3n) is 5.92. The van der Waals surface area contributed by atoms with Crippen molar-refractivity contribution >= 4 is 28.8 Å². The average molecular weight is 441 g/mol. The summed E-state index contributed by atoms with van der Waals surface area (Å²) in [6.45, 7) is 4.44. The summed E-state index contributed by atoms with van der Waals surface area (Å²) >= 11 is 6.21. The number of hydrogen-bond acceptors (Lipinski definition) is 4. The zero-order valence-corrected chi connectivity index (χ0v) is 18.9. The molecule has 1 aliphatic carbocycles. The number of nitrogens with one attached hydrogen (secondary N) is 1. The van der Waals surface area contributed by atoms with Gasteiger partial charge in [-0.1, -0.05) is 31.9 Å². The number of nitrogens with zero attached hydrogens (tertiary/aromatic N) is 3. The van der Waals surface area contributed by atoms with E-state index < -0.39 is 0 Å². The van der Waals surface area contributed by atoms with Crippen LogP contribution >= 0.6 is 11.6 Å². The lowest BCUT2D eigenvalue weighted by Gasteiger charge is -2.27. The third-order valence-corrected chi connectivity index (χ3v) is 6.15. The van der Waals surface area contributed by atoms with Crippen LogP contribution in [-0.4, -0.2) is 26.6 Å². The monoisotopic (exact) mass is 440 g/mol. The van der Waals surface area contributed by atoms with Gasteiger partial charge >= 0.3 is 0 Å². The Kier molecular flexibility index (Phi) is 6.76. The van der Waals surface area contributed by atoms with Gasteiger partial charge in [-0.2, -0.15) is 5.10 Å². The van der Waals surface area contributed by atoms with Gasteiger partial charge in [0, 0.05) is 17.4 Å². The molecule has 6 nitrogen and oxygen atoms in total. The van der Waals surface area contributed by atoms with Crippen LogP contribution in [0.25, 0.3) is 5.65 Å². The average Bonchev–Trinajstić information content (AvgIpc) is 3.19. The number of carbonyl (C=O) groups excluding carboxylic acids is 1. The maximum Gasteiger partial charge on any atom is 0.261 e. The lowest BCUT2D eigenvalue weighted by atomic mass is 9.89. The number of carbonyl (C=O) groups is 1. The van der Waals surface area contributed by atoms with Gasteiger partial charge in [0.05, 0.1) is 18.0 Å². The Morgan fingerprint density at radius 1 is 1.26 bits per heavy atom. The smallest absolute Gasteiger partial charge is 0.261 e. The molecular formula is C24H29ClN4O2. The summed E-state index contributed by atoms with van der Waals surface area (Å²) < 4.78 is 7.90. The fraction of sp³-hybridized carbons (Fsp3) is 0.458. The predicted molar refractivity (Wildman–Crippen MR) is 123 cm³/mol. The van der Waals surface area contributed by atoms with Crippen LogP contribution in [0.2, 0.25) is 5.02 Å². The van der Waals surface area contributed by atoms with E-state index in [1.807, 2.05) is 18.5 Å². The van der Waals surface area contributed by atoms with Crippen molar-refractivity contribution in [3.05, 3.63) is 52.9 Å². The minimum Gasteiger partial charge on any atom is -0.488 e. The first-order valence-corrected chi connectivity index (χ1v) is 11.5. The van der Waals surface area contributed by atoms with Gasteiger partial charge in [0.2, 0.25) is 0 Å². The first-order chi connectivity index (χ1) is 15.0. The molecule has 3 aromatic rings. The molecule has 1 amide bonds. The topological polar surface area (TPSA) is 68.5 Å². The summed E-state index contributed by atoms with van der Waals surface area (Å²) in [7, 11) is 0. The Morgan fingerprint density at radius 3 is 2.84 bits per heavy atom. The van der Waals surface area contributed by atoms with Crippen molar-refractivity contribution in [1.29, 1.82) is 0 Å². The van der Waals surface area contributed by atoms with Gasteiger partial charge in [-0.25, -0.2) is 9.50 Å². The van der Waals surface area contributed by atoms with Gasteiger partial charge in [0.25, 0.3) is 5.91 Å². The number of unbranched alkanes of at least 4 members (excludes halogenated alkanes) is 1. The zero-order valence-electron chi connectivity index (χ0n) is 18.1. The molecule has 1 aliphatic rings. The Labute approximate surface area is 188 Å². The number of anilines is 1. The quantitative estimate of drug-likeness (QED) is 0.494. The zero-order chi connectivity index (χ0) is 21.8. The Bertz CT molecular complexity index is 1060. The highest BCUT2D eigenvalue weighted by Crippen LogP contribution is 2.33. The maximum absolute atomic E-state index is 13.0. The maximum atomic E-state index is 13.0. The number of rotatable bonds is 7. The largest absolute Gasteiger partial charge is 0.488 e. The normalized spacial score (nSPS) is 18.8. The lowest BCUT2D eigenvalue weighted by molar-refractivity contribution is 0.102. The second-order valence-corrected chi connectivity index (χ2v) is 8.92. The summed E-state index contributed by atoms with van der Waals surface area (Å²) in [6.07, 6.45) is 13.0. The van der Waals surface area contributed by atoms with Crippen LogP contribution in [-0.2, 0) is 6.42 Å². The molecule has 0 saturated heterocycles. The van der Waals surface area contributed by atoms with Gasteiger partial charge < -0.3 is 10.1 Å². The number of ether oxygens (including phenoxy) is 1. The van der Waals surface area contributed by atoms with E-state index in [-0.39, 0.29) is 12.0 Å². The van der Waals surface area contributed by atoms with Crippen molar-refractivity contribution in [2.75, 3.05) is 5.32 Å². The highest BCUT2D eigenvalue weighted by atomic mass is 35.5. The molecule has 1 N–H and O–H groups in total. The molecule has 0 unspecified atom stereocenters. The molecule has 0 aliphatic heterocycles. The number of fused-ring (bicyclic) bond motifs is 1. The third kappa shape index (κ3) is 5.18. The van der Waals surface area contributed by atoms with E-state index in [1.54, 1.807) is 22.8 Å². The number of amides is 1. The summed E-state index contributed by atoms with van der Waals surface area (Å²) in [5.41, 5.74) is 2.62. The first kappa shape index (κ1) is 21.6. The Balaban J connectivity index is 1.52. The summed E-state index contributed by atoms with van der Waals surface area (Å²) in [4.78, 5) is 17.5. The minimum absolute atomic E-state index is 0.160. The van der Waals surface area contributed by atoms with Crippen molar-refractivity contribution in [3.63, 3.8) is 0 Å². The molecule has 2 heterocycles. The molecule has 31 heavy (non-hydrogen) atoms. The molecule has 0 bridgehead atoms. The van der Waals surface area contributed by atoms with E-state index >= 15 is 0 Å². The van der Waals surface area contributed by atoms with Crippen molar-refractivity contribution in [2.24, 2.45) is 5.92 Å². The minimum atomic E-state index is -0.284. The molecule has 1 aromatic carbocycles. The fourth-order valence-corrected chi connectivity index (χ4v) is 4.17. The molecule has 7 heteroatoms. The van der Waals surface area contributed by atoms with Crippen molar-refractivity contribution in [2.45, 2.75) is 64.9 Å². The predicted octanol–water partition coefficient (Wildman–Crippen LogP) is 5.94. The van der Waals surface area contributed by atoms with E-state index in [2.05, 4.69) is 29.2 Å². The molecular weight excluding hydrogens is 412 g/mol. The van der Waals surface area contributed by atoms with Gasteiger partial charge in [-0.05, 0) is 68.2 Å². The van der Waals surface area contributed by atoms with Crippen LogP contribution in [0.5, 0.6) is 5.75 Å².